The minimum absolute atomic E-state index is 0.0795. The van der Waals surface area contributed by atoms with Gasteiger partial charge in [-0.1, -0.05) is 0 Å². The zero-order valence-electron chi connectivity index (χ0n) is 10.7. The summed E-state index contributed by atoms with van der Waals surface area (Å²) in [6.07, 6.45) is 2.86. The first-order valence-corrected chi connectivity index (χ1v) is 5.54. The summed E-state index contributed by atoms with van der Waals surface area (Å²) in [5.41, 5.74) is 5.66. The Morgan fingerprint density at radius 3 is 2.76 bits per heavy atom. The van der Waals surface area contributed by atoms with Gasteiger partial charge < -0.3 is 15.8 Å². The molecule has 1 rings (SSSR count). The second-order valence-electron chi connectivity index (χ2n) is 5.04. The van der Waals surface area contributed by atoms with Crippen LogP contribution in [0.2, 0.25) is 0 Å². The van der Waals surface area contributed by atoms with Gasteiger partial charge in [0.2, 0.25) is 0 Å². The molecule has 0 aromatic carbocycles. The van der Waals surface area contributed by atoms with E-state index in [0.717, 1.165) is 0 Å². The molecule has 0 radical (unpaired) electrons. The Morgan fingerprint density at radius 1 is 1.65 bits per heavy atom. The largest absolute Gasteiger partial charge is 0.444 e. The number of carbonyl (C=O) groups excluding carboxylic acids is 1. The number of alkyl carbamates (subject to hydrolysis) is 1. The lowest BCUT2D eigenvalue weighted by atomic mass is 10.2. The van der Waals surface area contributed by atoms with Gasteiger partial charge in [-0.2, -0.15) is 5.10 Å². The van der Waals surface area contributed by atoms with Crippen LogP contribution in [0.4, 0.5) is 10.5 Å². The van der Waals surface area contributed by atoms with Crippen molar-refractivity contribution in [2.75, 3.05) is 5.73 Å². The van der Waals surface area contributed by atoms with Crippen LogP contribution in [0.1, 0.15) is 27.7 Å². The smallest absolute Gasteiger partial charge is 0.407 e. The third kappa shape index (κ3) is 5.24. The first-order valence-electron chi connectivity index (χ1n) is 5.54. The van der Waals surface area contributed by atoms with Crippen molar-refractivity contribution in [3.05, 3.63) is 12.4 Å². The van der Waals surface area contributed by atoms with Crippen molar-refractivity contribution >= 4 is 11.8 Å². The Kier molecular flexibility index (Phi) is 3.98. The highest BCUT2D eigenvalue weighted by Gasteiger charge is 2.17. The van der Waals surface area contributed by atoms with Crippen LogP contribution in [-0.4, -0.2) is 27.5 Å². The maximum absolute atomic E-state index is 11.5. The lowest BCUT2D eigenvalue weighted by molar-refractivity contribution is 0.0503. The number of amides is 1. The molecule has 0 saturated heterocycles. The maximum atomic E-state index is 11.5. The summed E-state index contributed by atoms with van der Waals surface area (Å²) in [6.45, 7) is 7.90. The van der Waals surface area contributed by atoms with Crippen LogP contribution in [0.3, 0.4) is 0 Å². The average Bonchev–Trinajstić information content (AvgIpc) is 2.46. The van der Waals surface area contributed by atoms with Crippen LogP contribution in [0, 0.1) is 0 Å². The highest BCUT2D eigenvalue weighted by atomic mass is 16.6. The molecule has 96 valence electrons. The topological polar surface area (TPSA) is 82.2 Å². The van der Waals surface area contributed by atoms with Gasteiger partial charge >= 0.3 is 6.09 Å². The lowest BCUT2D eigenvalue weighted by Crippen LogP contribution is -2.39. The van der Waals surface area contributed by atoms with Crippen LogP contribution < -0.4 is 11.1 Å². The van der Waals surface area contributed by atoms with Gasteiger partial charge in [-0.05, 0) is 27.7 Å². The number of carbonyl (C=O) groups is 1. The zero-order valence-corrected chi connectivity index (χ0v) is 10.7. The molecular formula is C11H20N4O2. The molecule has 0 spiro atoms. The highest BCUT2D eigenvalue weighted by Crippen LogP contribution is 2.07. The number of nitrogen functional groups attached to an aromatic ring is 1. The summed E-state index contributed by atoms with van der Waals surface area (Å²) < 4.78 is 6.82. The second kappa shape index (κ2) is 5.07. The van der Waals surface area contributed by atoms with Gasteiger partial charge in [0, 0.05) is 12.2 Å². The van der Waals surface area contributed by atoms with E-state index in [2.05, 4.69) is 10.4 Å². The summed E-state index contributed by atoms with van der Waals surface area (Å²) in [5, 5.41) is 6.77. The number of nitrogens with zero attached hydrogens (tertiary/aromatic N) is 2. The standard InChI is InChI=1S/C11H20N4O2/c1-8(6-15-7-9(12)5-13-15)14-10(16)17-11(2,3)4/h5,7-8H,6,12H2,1-4H3,(H,14,16). The fourth-order valence-corrected chi connectivity index (χ4v) is 1.31. The number of rotatable bonds is 3. The molecule has 3 N–H and O–H groups in total. The van der Waals surface area contributed by atoms with Crippen molar-refractivity contribution in [1.82, 2.24) is 15.1 Å². The molecule has 1 aromatic heterocycles. The van der Waals surface area contributed by atoms with E-state index in [1.165, 1.54) is 0 Å². The number of ether oxygens (including phenoxy) is 1. The van der Waals surface area contributed by atoms with Gasteiger partial charge in [0.15, 0.2) is 0 Å². The Morgan fingerprint density at radius 2 is 2.29 bits per heavy atom. The van der Waals surface area contributed by atoms with Crippen molar-refractivity contribution in [1.29, 1.82) is 0 Å². The van der Waals surface area contributed by atoms with Gasteiger partial charge in [-0.15, -0.1) is 0 Å². The summed E-state index contributed by atoms with van der Waals surface area (Å²) in [6, 6.07) is -0.0795. The van der Waals surface area contributed by atoms with Crippen molar-refractivity contribution in [3.8, 4) is 0 Å². The number of hydrogen-bond donors (Lipinski definition) is 2. The van der Waals surface area contributed by atoms with Crippen molar-refractivity contribution < 1.29 is 9.53 Å². The van der Waals surface area contributed by atoms with E-state index in [1.807, 2.05) is 27.7 Å². The van der Waals surface area contributed by atoms with Crippen molar-refractivity contribution in [2.45, 2.75) is 45.9 Å². The summed E-state index contributed by atoms with van der Waals surface area (Å²) in [4.78, 5) is 11.5. The molecule has 1 atom stereocenters. The third-order valence-corrected chi connectivity index (χ3v) is 1.88. The van der Waals surface area contributed by atoms with E-state index in [1.54, 1.807) is 17.1 Å². The quantitative estimate of drug-likeness (QED) is 0.836. The van der Waals surface area contributed by atoms with E-state index in [-0.39, 0.29) is 6.04 Å². The predicted octanol–water partition coefficient (Wildman–Crippen LogP) is 1.38. The molecule has 0 bridgehead atoms. The summed E-state index contributed by atoms with van der Waals surface area (Å²) >= 11 is 0. The Bertz CT molecular complexity index is 381. The van der Waals surface area contributed by atoms with E-state index in [4.69, 9.17) is 10.5 Å². The molecule has 1 amide bonds. The minimum atomic E-state index is -0.486. The van der Waals surface area contributed by atoms with Crippen molar-refractivity contribution in [3.63, 3.8) is 0 Å². The van der Waals surface area contributed by atoms with E-state index < -0.39 is 11.7 Å². The number of hydrogen-bond acceptors (Lipinski definition) is 4. The molecule has 1 heterocycles. The molecule has 6 nitrogen and oxygen atoms in total. The minimum Gasteiger partial charge on any atom is -0.444 e. The van der Waals surface area contributed by atoms with E-state index in [0.29, 0.717) is 12.2 Å². The summed E-state index contributed by atoms with van der Waals surface area (Å²) in [5.74, 6) is 0. The highest BCUT2D eigenvalue weighted by molar-refractivity contribution is 5.67. The number of nitrogens with two attached hydrogens (primary N) is 1. The average molecular weight is 240 g/mol. The Hall–Kier alpha value is -1.72. The summed E-state index contributed by atoms with van der Waals surface area (Å²) in [7, 11) is 0. The van der Waals surface area contributed by atoms with E-state index in [9.17, 15) is 4.79 Å². The first kappa shape index (κ1) is 13.3. The molecule has 6 heteroatoms. The predicted molar refractivity (Wildman–Crippen MR) is 65.5 cm³/mol. The van der Waals surface area contributed by atoms with Gasteiger partial charge in [0.05, 0.1) is 18.4 Å². The Balaban J connectivity index is 2.39. The number of anilines is 1. The molecule has 0 aliphatic rings. The van der Waals surface area contributed by atoms with Crippen LogP contribution in [0.15, 0.2) is 12.4 Å². The fourth-order valence-electron chi connectivity index (χ4n) is 1.31. The normalized spacial score (nSPS) is 13.2. The number of aromatic nitrogens is 2. The van der Waals surface area contributed by atoms with Crippen LogP contribution in [0.25, 0.3) is 0 Å². The Labute approximate surface area is 101 Å². The fraction of sp³-hybridized carbons (Fsp3) is 0.636. The lowest BCUT2D eigenvalue weighted by Gasteiger charge is -2.21. The second-order valence-corrected chi connectivity index (χ2v) is 5.04. The molecule has 0 aliphatic carbocycles. The maximum Gasteiger partial charge on any atom is 0.407 e. The molecular weight excluding hydrogens is 220 g/mol. The van der Waals surface area contributed by atoms with Gasteiger partial charge in [-0.25, -0.2) is 4.79 Å². The molecule has 1 aromatic rings. The van der Waals surface area contributed by atoms with Crippen LogP contribution in [0.5, 0.6) is 0 Å². The molecule has 0 fully saturated rings. The molecule has 0 aliphatic heterocycles. The SMILES string of the molecule is CC(Cn1cc(N)cn1)NC(=O)OC(C)(C)C. The molecule has 0 saturated carbocycles. The van der Waals surface area contributed by atoms with Crippen LogP contribution >= 0.6 is 0 Å². The third-order valence-electron chi connectivity index (χ3n) is 1.88. The van der Waals surface area contributed by atoms with Gasteiger partial charge in [0.1, 0.15) is 5.60 Å². The monoisotopic (exact) mass is 240 g/mol. The van der Waals surface area contributed by atoms with Crippen molar-refractivity contribution in [2.24, 2.45) is 0 Å². The first-order chi connectivity index (χ1) is 7.76. The molecule has 17 heavy (non-hydrogen) atoms. The number of nitrogens with one attached hydrogen (secondary N) is 1. The zero-order chi connectivity index (χ0) is 13.1. The van der Waals surface area contributed by atoms with Gasteiger partial charge in [-0.3, -0.25) is 4.68 Å². The van der Waals surface area contributed by atoms with Crippen LogP contribution in [-0.2, 0) is 11.3 Å². The van der Waals surface area contributed by atoms with E-state index >= 15 is 0 Å². The van der Waals surface area contributed by atoms with Gasteiger partial charge in [0.25, 0.3) is 0 Å². The molecule has 1 unspecified atom stereocenters.